The number of likely N-dealkylation sites (tertiary alicyclic amines) is 1. The Morgan fingerprint density at radius 2 is 1.91 bits per heavy atom. The summed E-state index contributed by atoms with van der Waals surface area (Å²) in [6.45, 7) is 4.07. The molecule has 4 atom stereocenters. The van der Waals surface area contributed by atoms with Crippen LogP contribution in [-0.4, -0.2) is 78.0 Å². The third-order valence-electron chi connectivity index (χ3n) is 8.31. The van der Waals surface area contributed by atoms with E-state index in [9.17, 15) is 14.0 Å². The van der Waals surface area contributed by atoms with Gasteiger partial charge in [0.2, 0.25) is 11.8 Å². The quantitative estimate of drug-likeness (QED) is 0.705. The minimum absolute atomic E-state index is 0.0261. The zero-order valence-corrected chi connectivity index (χ0v) is 19.5. The number of piperazine rings is 1. The van der Waals surface area contributed by atoms with E-state index in [1.54, 1.807) is 6.07 Å². The van der Waals surface area contributed by atoms with Crippen LogP contribution in [0.2, 0.25) is 0 Å². The molecule has 33 heavy (non-hydrogen) atoms. The first-order chi connectivity index (χ1) is 16.0. The third-order valence-corrected chi connectivity index (χ3v) is 8.31. The summed E-state index contributed by atoms with van der Waals surface area (Å²) in [6, 6.07) is 7.36. The number of piperidine rings is 1. The van der Waals surface area contributed by atoms with Crippen LogP contribution in [0.15, 0.2) is 24.3 Å². The van der Waals surface area contributed by atoms with Crippen LogP contribution in [0, 0.1) is 17.7 Å². The van der Waals surface area contributed by atoms with Crippen LogP contribution in [0.3, 0.4) is 0 Å². The summed E-state index contributed by atoms with van der Waals surface area (Å²) in [5.74, 6) is 0.629. The number of benzene rings is 1. The number of hydrazine groups is 1. The Labute approximate surface area is 195 Å². The molecule has 1 saturated carbocycles. The molecule has 5 rings (SSSR count). The summed E-state index contributed by atoms with van der Waals surface area (Å²) >= 11 is 0. The lowest BCUT2D eigenvalue weighted by molar-refractivity contribution is -0.153. The summed E-state index contributed by atoms with van der Waals surface area (Å²) in [4.78, 5) is 29.9. The fourth-order valence-corrected chi connectivity index (χ4v) is 6.28. The van der Waals surface area contributed by atoms with Gasteiger partial charge in [0.1, 0.15) is 11.9 Å². The van der Waals surface area contributed by atoms with E-state index in [1.165, 1.54) is 6.07 Å². The molecule has 4 unspecified atom stereocenters. The minimum atomic E-state index is -0.136. The summed E-state index contributed by atoms with van der Waals surface area (Å²) in [6.07, 6.45) is 5.46. The number of nitrogens with zero attached hydrogens (tertiary/aromatic N) is 3. The second kappa shape index (κ2) is 9.68. The van der Waals surface area contributed by atoms with Gasteiger partial charge in [0.25, 0.3) is 0 Å². The monoisotopic (exact) mass is 457 g/mol. The van der Waals surface area contributed by atoms with Gasteiger partial charge in [-0.3, -0.25) is 19.9 Å². The first-order valence-electron chi connectivity index (χ1n) is 12.5. The standard InChI is InChI=1S/C25H36FN5O2/c1-29-23-14-18(6-7-21(23)31-22(25(29)33)8-11-28-31)24(32)27-15-17-9-12-30(13-10-17)16-19-4-2-3-5-20(19)26/h2-5,17-18,21-23,28H,6-16H2,1H3,(H,27,32). The Hall–Kier alpha value is -2.03. The van der Waals surface area contributed by atoms with E-state index < -0.39 is 0 Å². The topological polar surface area (TPSA) is 67.9 Å². The van der Waals surface area contributed by atoms with E-state index >= 15 is 0 Å². The van der Waals surface area contributed by atoms with Crippen molar-refractivity contribution in [2.24, 2.45) is 11.8 Å². The Morgan fingerprint density at radius 1 is 1.12 bits per heavy atom. The number of hydrogen-bond acceptors (Lipinski definition) is 5. The molecule has 0 bridgehead atoms. The second-order valence-electron chi connectivity index (χ2n) is 10.3. The van der Waals surface area contributed by atoms with Gasteiger partial charge in [0.05, 0.1) is 0 Å². The Morgan fingerprint density at radius 3 is 2.70 bits per heavy atom. The Kier molecular flexibility index (Phi) is 6.67. The number of carbonyl (C=O) groups excluding carboxylic acids is 2. The number of halogens is 1. The van der Waals surface area contributed by atoms with Crippen molar-refractivity contribution >= 4 is 11.8 Å². The number of nitrogens with one attached hydrogen (secondary N) is 2. The molecule has 2 N–H and O–H groups in total. The van der Waals surface area contributed by atoms with Crippen LogP contribution in [0.25, 0.3) is 0 Å². The van der Waals surface area contributed by atoms with Gasteiger partial charge in [-0.15, -0.1) is 0 Å². The largest absolute Gasteiger partial charge is 0.356 e. The predicted octanol–water partition coefficient (Wildman–Crippen LogP) is 1.74. The minimum Gasteiger partial charge on any atom is -0.356 e. The van der Waals surface area contributed by atoms with E-state index in [0.29, 0.717) is 25.0 Å². The maximum atomic E-state index is 13.9. The number of rotatable bonds is 5. The number of likely N-dealkylation sites (N-methyl/N-ethyl adjacent to an activating group) is 1. The lowest BCUT2D eigenvalue weighted by atomic mass is 9.79. The lowest BCUT2D eigenvalue weighted by Crippen LogP contribution is -2.67. The Balaban J connectivity index is 1.08. The maximum Gasteiger partial charge on any atom is 0.241 e. The van der Waals surface area contributed by atoms with Crippen molar-refractivity contribution in [1.82, 2.24) is 25.6 Å². The van der Waals surface area contributed by atoms with Crippen molar-refractivity contribution in [2.75, 3.05) is 33.2 Å². The van der Waals surface area contributed by atoms with Gasteiger partial charge in [-0.1, -0.05) is 18.2 Å². The maximum absolute atomic E-state index is 13.9. The van der Waals surface area contributed by atoms with Gasteiger partial charge in [-0.25, -0.2) is 9.40 Å². The molecule has 3 saturated heterocycles. The molecule has 0 aromatic heterocycles. The van der Waals surface area contributed by atoms with E-state index in [4.69, 9.17) is 0 Å². The molecule has 8 heteroatoms. The number of hydrogen-bond donors (Lipinski definition) is 2. The van der Waals surface area contributed by atoms with Crippen molar-refractivity contribution in [3.8, 4) is 0 Å². The summed E-state index contributed by atoms with van der Waals surface area (Å²) < 4.78 is 13.9. The average molecular weight is 458 g/mol. The molecule has 7 nitrogen and oxygen atoms in total. The molecule has 3 heterocycles. The van der Waals surface area contributed by atoms with Crippen LogP contribution >= 0.6 is 0 Å². The molecule has 0 spiro atoms. The molecule has 1 aromatic rings. The van der Waals surface area contributed by atoms with Gasteiger partial charge in [0, 0.05) is 50.2 Å². The van der Waals surface area contributed by atoms with Gasteiger partial charge in [0.15, 0.2) is 0 Å². The van der Waals surface area contributed by atoms with Crippen LogP contribution in [0.4, 0.5) is 4.39 Å². The van der Waals surface area contributed by atoms with E-state index in [2.05, 4.69) is 20.7 Å². The predicted molar refractivity (Wildman–Crippen MR) is 123 cm³/mol. The fraction of sp³-hybridized carbons (Fsp3) is 0.680. The van der Waals surface area contributed by atoms with E-state index in [-0.39, 0.29) is 35.6 Å². The summed E-state index contributed by atoms with van der Waals surface area (Å²) in [5.41, 5.74) is 4.15. The van der Waals surface area contributed by atoms with E-state index in [0.717, 1.165) is 63.7 Å². The Bertz CT molecular complexity index is 874. The highest BCUT2D eigenvalue weighted by Gasteiger charge is 2.50. The van der Waals surface area contributed by atoms with Gasteiger partial charge < -0.3 is 10.2 Å². The fourth-order valence-electron chi connectivity index (χ4n) is 6.28. The van der Waals surface area contributed by atoms with Crippen LogP contribution < -0.4 is 10.7 Å². The molecule has 1 aliphatic carbocycles. The normalized spacial score (nSPS) is 31.3. The van der Waals surface area contributed by atoms with Gasteiger partial charge in [-0.2, -0.15) is 0 Å². The highest BCUT2D eigenvalue weighted by Crippen LogP contribution is 2.36. The van der Waals surface area contributed by atoms with Crippen molar-refractivity contribution < 1.29 is 14.0 Å². The molecular formula is C25H36FN5O2. The van der Waals surface area contributed by atoms with Crippen LogP contribution in [-0.2, 0) is 16.1 Å². The second-order valence-corrected chi connectivity index (χ2v) is 10.3. The number of fused-ring (bicyclic) bond motifs is 3. The first-order valence-corrected chi connectivity index (χ1v) is 12.5. The molecule has 2 amide bonds. The number of amides is 2. The molecule has 1 aromatic carbocycles. The molecule has 4 fully saturated rings. The lowest BCUT2D eigenvalue weighted by Gasteiger charge is -2.50. The molecule has 3 aliphatic heterocycles. The van der Waals surface area contributed by atoms with Crippen molar-refractivity contribution in [3.05, 3.63) is 35.6 Å². The molecular weight excluding hydrogens is 421 g/mol. The zero-order chi connectivity index (χ0) is 22.9. The summed E-state index contributed by atoms with van der Waals surface area (Å²) in [7, 11) is 1.91. The highest BCUT2D eigenvalue weighted by molar-refractivity contribution is 5.84. The van der Waals surface area contributed by atoms with Gasteiger partial charge >= 0.3 is 0 Å². The SMILES string of the molecule is CN1C(=O)C2CCNN2C2CCC(C(=O)NCC3CCN(Cc4ccccc4F)CC3)CC21. The van der Waals surface area contributed by atoms with Crippen molar-refractivity contribution in [3.63, 3.8) is 0 Å². The van der Waals surface area contributed by atoms with Crippen molar-refractivity contribution in [2.45, 2.75) is 63.2 Å². The van der Waals surface area contributed by atoms with Crippen LogP contribution in [0.1, 0.15) is 44.1 Å². The third kappa shape index (κ3) is 4.66. The van der Waals surface area contributed by atoms with Gasteiger partial charge in [-0.05, 0) is 63.6 Å². The number of carbonyl (C=O) groups is 2. The summed E-state index contributed by atoms with van der Waals surface area (Å²) in [5, 5.41) is 5.39. The molecule has 0 radical (unpaired) electrons. The zero-order valence-electron chi connectivity index (χ0n) is 19.5. The molecule has 180 valence electrons. The first kappa shape index (κ1) is 22.7. The van der Waals surface area contributed by atoms with Crippen molar-refractivity contribution in [1.29, 1.82) is 0 Å². The van der Waals surface area contributed by atoms with Crippen LogP contribution in [0.5, 0.6) is 0 Å². The van der Waals surface area contributed by atoms with E-state index in [1.807, 2.05) is 24.1 Å². The average Bonchev–Trinajstić information content (AvgIpc) is 3.33. The molecule has 4 aliphatic rings. The highest BCUT2D eigenvalue weighted by atomic mass is 19.1. The smallest absolute Gasteiger partial charge is 0.241 e.